The van der Waals surface area contributed by atoms with Gasteiger partial charge in [-0.3, -0.25) is 25.2 Å². The number of urea groups is 1. The molecule has 12 nitrogen and oxygen atoms in total. The number of nitrogens with two attached hydrogens (primary N) is 4. The maximum absolute atomic E-state index is 12.2. The van der Waals surface area contributed by atoms with E-state index in [0.717, 1.165) is 0 Å². The molecule has 10 N–H and O–H groups in total. The summed E-state index contributed by atoms with van der Waals surface area (Å²) in [5.74, 6) is -0.867. The van der Waals surface area contributed by atoms with Crippen LogP contribution < -0.4 is 33.6 Å². The van der Waals surface area contributed by atoms with Gasteiger partial charge in [-0.2, -0.15) is 0 Å². The first-order valence-electron chi connectivity index (χ1n) is 7.19. The van der Waals surface area contributed by atoms with Gasteiger partial charge in [0.1, 0.15) is 6.04 Å². The summed E-state index contributed by atoms with van der Waals surface area (Å²) in [4.78, 5) is 43.9. The van der Waals surface area contributed by atoms with E-state index in [4.69, 9.17) is 22.9 Å². The predicted octanol–water partition coefficient (Wildman–Crippen LogP) is -3.65. The number of nitrogens with zero attached hydrogens (tertiary/aromatic N) is 3. The third-order valence-corrected chi connectivity index (χ3v) is 3.30. The van der Waals surface area contributed by atoms with Crippen molar-refractivity contribution in [3.8, 4) is 0 Å². The van der Waals surface area contributed by atoms with Crippen LogP contribution in [0.15, 0.2) is 9.98 Å². The summed E-state index contributed by atoms with van der Waals surface area (Å²) in [7, 11) is 1.48. The van der Waals surface area contributed by atoms with Gasteiger partial charge >= 0.3 is 6.03 Å². The van der Waals surface area contributed by atoms with Crippen LogP contribution in [0.3, 0.4) is 0 Å². The molecule has 134 valence electrons. The normalized spacial score (nSPS) is 18.0. The summed E-state index contributed by atoms with van der Waals surface area (Å²) < 4.78 is 0. The lowest BCUT2D eigenvalue weighted by molar-refractivity contribution is -0.138. The molecule has 0 bridgehead atoms. The van der Waals surface area contributed by atoms with Crippen molar-refractivity contribution in [1.29, 1.82) is 0 Å². The van der Waals surface area contributed by atoms with Gasteiger partial charge in [0.15, 0.2) is 5.96 Å². The average Bonchev–Trinajstić information content (AvgIpc) is 2.45. The lowest BCUT2D eigenvalue weighted by atomic mass is 10.1. The Kier molecular flexibility index (Phi) is 6.92. The van der Waals surface area contributed by atoms with Gasteiger partial charge in [0, 0.05) is 26.1 Å². The monoisotopic (exact) mass is 341 g/mol. The smallest absolute Gasteiger partial charge is 0.318 e. The number of rotatable bonds is 6. The fourth-order valence-corrected chi connectivity index (χ4v) is 1.99. The third kappa shape index (κ3) is 6.08. The molecule has 2 atom stereocenters. The van der Waals surface area contributed by atoms with Gasteiger partial charge in [0.2, 0.25) is 11.9 Å². The molecule has 0 saturated carbocycles. The van der Waals surface area contributed by atoms with Crippen molar-refractivity contribution in [1.82, 2.24) is 15.5 Å². The van der Waals surface area contributed by atoms with Gasteiger partial charge in [-0.05, 0) is 6.42 Å². The summed E-state index contributed by atoms with van der Waals surface area (Å²) in [6.45, 7) is 0.323. The Morgan fingerprint density at radius 2 is 2.12 bits per heavy atom. The first kappa shape index (κ1) is 19.2. The fourth-order valence-electron chi connectivity index (χ4n) is 1.99. The molecule has 0 fully saturated rings. The Bertz CT molecular complexity index is 556. The Balaban J connectivity index is 2.54. The van der Waals surface area contributed by atoms with Crippen molar-refractivity contribution >= 4 is 29.8 Å². The largest absolute Gasteiger partial charge is 0.370 e. The van der Waals surface area contributed by atoms with E-state index in [0.29, 0.717) is 13.0 Å². The molecular formula is C12H23N9O3. The van der Waals surface area contributed by atoms with Gasteiger partial charge in [-0.1, -0.05) is 0 Å². The average molecular weight is 341 g/mol. The Morgan fingerprint density at radius 3 is 2.67 bits per heavy atom. The van der Waals surface area contributed by atoms with Crippen molar-refractivity contribution in [2.24, 2.45) is 32.9 Å². The van der Waals surface area contributed by atoms with Crippen LogP contribution >= 0.6 is 0 Å². The minimum Gasteiger partial charge on any atom is -0.370 e. The number of likely N-dealkylation sites (N-methyl/N-ethyl adjacent to an activating group) is 1. The highest BCUT2D eigenvalue weighted by Gasteiger charge is 2.31. The highest BCUT2D eigenvalue weighted by Crippen LogP contribution is 2.07. The van der Waals surface area contributed by atoms with Crippen molar-refractivity contribution in [3.05, 3.63) is 0 Å². The topological polar surface area (TPSA) is 207 Å². The molecule has 4 amide bonds. The molecule has 1 heterocycles. The van der Waals surface area contributed by atoms with Gasteiger partial charge in [0.25, 0.3) is 5.91 Å². The molecule has 1 rings (SSSR count). The van der Waals surface area contributed by atoms with Crippen molar-refractivity contribution < 1.29 is 14.4 Å². The standard InChI is InChI=1S/C12H23N9O3/c1-21(8(22)4-6(13)2-3-17-10(14)15)7-5-18-12(19-9(7)23)20-11(16)24/h6-7H,2-5,13H2,1H3,(H4,14,15,17)(H4,16,18,19,20,23,24)/t6-,7-/m0/s1. The minimum absolute atomic E-state index is 0.00687. The second-order valence-electron chi connectivity index (χ2n) is 5.25. The van der Waals surface area contributed by atoms with Crippen LogP contribution in [0, 0.1) is 0 Å². The number of guanidine groups is 2. The number of amides is 4. The van der Waals surface area contributed by atoms with Crippen LogP contribution in [-0.4, -0.2) is 66.9 Å². The molecule has 0 aromatic rings. The molecule has 24 heavy (non-hydrogen) atoms. The molecule has 12 heteroatoms. The molecule has 0 spiro atoms. The van der Waals surface area contributed by atoms with E-state index in [1.54, 1.807) is 0 Å². The number of carbonyl (C=O) groups is 3. The van der Waals surface area contributed by atoms with Crippen LogP contribution in [0.4, 0.5) is 4.79 Å². The van der Waals surface area contributed by atoms with E-state index < -0.39 is 24.0 Å². The summed E-state index contributed by atoms with van der Waals surface area (Å²) in [6, 6.07) is -2.07. The number of aliphatic imine (C=N–C) groups is 2. The minimum atomic E-state index is -0.844. The van der Waals surface area contributed by atoms with Gasteiger partial charge in [-0.15, -0.1) is 0 Å². The highest BCUT2D eigenvalue weighted by molar-refractivity contribution is 6.07. The molecule has 0 aromatic heterocycles. The first-order valence-corrected chi connectivity index (χ1v) is 7.19. The molecule has 1 aliphatic rings. The summed E-state index contributed by atoms with van der Waals surface area (Å²) >= 11 is 0. The number of carbonyl (C=O) groups excluding carboxylic acids is 3. The van der Waals surface area contributed by atoms with E-state index in [2.05, 4.69) is 20.6 Å². The fraction of sp³-hybridized carbons (Fsp3) is 0.583. The first-order chi connectivity index (χ1) is 11.2. The van der Waals surface area contributed by atoms with Crippen molar-refractivity contribution in [3.63, 3.8) is 0 Å². The number of primary amides is 1. The summed E-state index contributed by atoms with van der Waals surface area (Å²) in [6.07, 6.45) is 0.468. The molecule has 0 radical (unpaired) electrons. The Morgan fingerprint density at radius 1 is 1.46 bits per heavy atom. The van der Waals surface area contributed by atoms with Crippen LogP contribution in [0.5, 0.6) is 0 Å². The van der Waals surface area contributed by atoms with Gasteiger partial charge in [-0.25, -0.2) is 9.79 Å². The number of hydrogen-bond donors (Lipinski definition) is 6. The summed E-state index contributed by atoms with van der Waals surface area (Å²) in [5, 5.41) is 4.53. The van der Waals surface area contributed by atoms with Crippen LogP contribution in [0.1, 0.15) is 12.8 Å². The van der Waals surface area contributed by atoms with E-state index >= 15 is 0 Å². The molecule has 0 aliphatic carbocycles. The Hall–Kier alpha value is -2.89. The molecule has 1 aliphatic heterocycles. The summed E-state index contributed by atoms with van der Waals surface area (Å²) in [5.41, 5.74) is 21.2. The van der Waals surface area contributed by atoms with E-state index in [1.165, 1.54) is 11.9 Å². The van der Waals surface area contributed by atoms with Gasteiger partial charge in [0.05, 0.1) is 6.54 Å². The second kappa shape index (κ2) is 8.67. The lowest BCUT2D eigenvalue weighted by Gasteiger charge is -2.29. The number of nitrogens with one attached hydrogen (secondary N) is 2. The number of hydrogen-bond acceptors (Lipinski definition) is 6. The zero-order chi connectivity index (χ0) is 18.3. The molecule has 0 unspecified atom stereocenters. The molecular weight excluding hydrogens is 318 g/mol. The predicted molar refractivity (Wildman–Crippen MR) is 87.6 cm³/mol. The van der Waals surface area contributed by atoms with Gasteiger partial charge < -0.3 is 27.8 Å². The maximum atomic E-state index is 12.2. The maximum Gasteiger partial charge on any atom is 0.318 e. The van der Waals surface area contributed by atoms with Crippen molar-refractivity contribution in [2.45, 2.75) is 24.9 Å². The zero-order valence-electron chi connectivity index (χ0n) is 13.4. The SMILES string of the molecule is CN(C(=O)C[C@@H](N)CCN=C(N)N)[C@H]1CN=C(NC(N)=O)NC1=O. The van der Waals surface area contributed by atoms with E-state index in [9.17, 15) is 14.4 Å². The second-order valence-corrected chi connectivity index (χ2v) is 5.25. The van der Waals surface area contributed by atoms with E-state index in [-0.39, 0.29) is 30.8 Å². The van der Waals surface area contributed by atoms with Crippen LogP contribution in [-0.2, 0) is 9.59 Å². The zero-order valence-corrected chi connectivity index (χ0v) is 13.4. The molecule has 0 saturated heterocycles. The third-order valence-electron chi connectivity index (χ3n) is 3.30. The van der Waals surface area contributed by atoms with Crippen molar-refractivity contribution in [2.75, 3.05) is 20.1 Å². The highest BCUT2D eigenvalue weighted by atomic mass is 16.2. The lowest BCUT2D eigenvalue weighted by Crippen LogP contribution is -2.58. The van der Waals surface area contributed by atoms with Crippen LogP contribution in [0.25, 0.3) is 0 Å². The Labute approximate surface area is 138 Å². The molecule has 0 aromatic carbocycles. The van der Waals surface area contributed by atoms with E-state index in [1.807, 2.05) is 0 Å². The quantitative estimate of drug-likeness (QED) is 0.212. The van der Waals surface area contributed by atoms with Crippen LogP contribution in [0.2, 0.25) is 0 Å².